The van der Waals surface area contributed by atoms with Gasteiger partial charge in [0.05, 0.1) is 5.41 Å². The van der Waals surface area contributed by atoms with Crippen LogP contribution in [-0.2, 0) is 4.79 Å². The van der Waals surface area contributed by atoms with Crippen molar-refractivity contribution in [2.75, 3.05) is 0 Å². The Morgan fingerprint density at radius 3 is 2.41 bits per heavy atom. The van der Waals surface area contributed by atoms with E-state index >= 15 is 0 Å². The van der Waals surface area contributed by atoms with Crippen molar-refractivity contribution in [3.8, 4) is 0 Å². The summed E-state index contributed by atoms with van der Waals surface area (Å²) in [5, 5.41) is 18.3. The van der Waals surface area contributed by atoms with Crippen LogP contribution in [-0.4, -0.2) is 28.5 Å². The highest BCUT2D eigenvalue weighted by molar-refractivity contribution is 5.76. The summed E-state index contributed by atoms with van der Waals surface area (Å²) >= 11 is 0. The van der Waals surface area contributed by atoms with E-state index in [2.05, 4.69) is 0 Å². The maximum atomic E-state index is 12.3. The third-order valence-corrected chi connectivity index (χ3v) is 4.34. The van der Waals surface area contributed by atoms with Gasteiger partial charge in [-0.2, -0.15) is 13.2 Å². The Labute approximate surface area is 96.6 Å². The van der Waals surface area contributed by atoms with Crippen molar-refractivity contribution in [3.05, 3.63) is 0 Å². The molecule has 2 N–H and O–H groups in total. The molecule has 2 bridgehead atoms. The van der Waals surface area contributed by atoms with Gasteiger partial charge in [0.2, 0.25) is 0 Å². The van der Waals surface area contributed by atoms with Crippen LogP contribution in [0.25, 0.3) is 0 Å². The highest BCUT2D eigenvalue weighted by Gasteiger charge is 2.58. The average Bonchev–Trinajstić information content (AvgIpc) is 2.75. The molecule has 0 aliphatic heterocycles. The number of alkyl halides is 3. The summed E-state index contributed by atoms with van der Waals surface area (Å²) in [5.41, 5.74) is -1.36. The predicted molar refractivity (Wildman–Crippen MR) is 52.2 cm³/mol. The van der Waals surface area contributed by atoms with Crippen LogP contribution < -0.4 is 0 Å². The van der Waals surface area contributed by atoms with E-state index in [-0.39, 0.29) is 18.3 Å². The molecule has 6 heteroatoms. The van der Waals surface area contributed by atoms with Crippen molar-refractivity contribution in [2.24, 2.45) is 17.3 Å². The molecule has 0 aromatic carbocycles. The number of carboxylic acids is 1. The first kappa shape index (κ1) is 12.7. The lowest BCUT2D eigenvalue weighted by atomic mass is 9.69. The number of aliphatic hydroxyl groups excluding tert-OH is 1. The molecule has 3 nitrogen and oxygen atoms in total. The number of aliphatic carboxylic acids is 1. The van der Waals surface area contributed by atoms with Gasteiger partial charge in [-0.15, -0.1) is 0 Å². The molecule has 2 aliphatic rings. The van der Waals surface area contributed by atoms with Crippen molar-refractivity contribution in [2.45, 2.75) is 44.4 Å². The van der Waals surface area contributed by atoms with Crippen molar-refractivity contribution < 1.29 is 28.2 Å². The molecule has 2 fully saturated rings. The van der Waals surface area contributed by atoms with E-state index in [1.807, 2.05) is 0 Å². The minimum Gasteiger partial charge on any atom is -0.481 e. The van der Waals surface area contributed by atoms with Gasteiger partial charge in [-0.05, 0) is 37.5 Å². The second-order valence-electron chi connectivity index (χ2n) is 5.30. The minimum atomic E-state index is -4.73. The Morgan fingerprint density at radius 2 is 2.06 bits per heavy atom. The molecule has 2 rings (SSSR count). The van der Waals surface area contributed by atoms with Gasteiger partial charge in [-0.1, -0.05) is 6.42 Å². The Morgan fingerprint density at radius 1 is 1.41 bits per heavy atom. The summed E-state index contributed by atoms with van der Waals surface area (Å²) < 4.78 is 37.0. The van der Waals surface area contributed by atoms with Gasteiger partial charge in [0.15, 0.2) is 6.10 Å². The van der Waals surface area contributed by atoms with Crippen LogP contribution in [0, 0.1) is 17.3 Å². The van der Waals surface area contributed by atoms with Crippen LogP contribution in [0.3, 0.4) is 0 Å². The fourth-order valence-electron chi connectivity index (χ4n) is 3.50. The monoisotopic (exact) mass is 252 g/mol. The molecule has 98 valence electrons. The van der Waals surface area contributed by atoms with Crippen molar-refractivity contribution in [3.63, 3.8) is 0 Å². The summed E-state index contributed by atoms with van der Waals surface area (Å²) in [6, 6.07) is 0. The molecular weight excluding hydrogens is 237 g/mol. The number of fused-ring (bicyclic) bond motifs is 2. The number of halogens is 3. The molecule has 0 spiro atoms. The lowest BCUT2D eigenvalue weighted by Crippen LogP contribution is -2.43. The fraction of sp³-hybridized carbons (Fsp3) is 0.909. The van der Waals surface area contributed by atoms with Crippen LogP contribution in [0.1, 0.15) is 32.1 Å². The van der Waals surface area contributed by atoms with Crippen LogP contribution in [0.15, 0.2) is 0 Å². The standard InChI is InChI=1S/C11H15F3O3/c12-11(13,14)8(15)5-10(9(16)17)4-6-1-2-7(10)3-6/h6-8,15H,1-5H2,(H,16,17). The minimum absolute atomic E-state index is 0.206. The Bertz CT molecular complexity index is 328. The molecule has 0 amide bonds. The SMILES string of the molecule is O=C(O)C1(CC(O)C(F)(F)F)CC2CCC1C2. The second-order valence-corrected chi connectivity index (χ2v) is 5.30. The highest BCUT2D eigenvalue weighted by atomic mass is 19.4. The average molecular weight is 252 g/mol. The molecule has 2 aliphatic carbocycles. The second kappa shape index (κ2) is 3.86. The summed E-state index contributed by atoms with van der Waals surface area (Å²) in [4.78, 5) is 11.3. The molecule has 0 saturated heterocycles. The number of aliphatic hydroxyl groups is 1. The molecule has 0 aromatic heterocycles. The highest BCUT2D eigenvalue weighted by Crippen LogP contribution is 2.58. The molecular formula is C11H15F3O3. The first-order chi connectivity index (χ1) is 7.75. The molecule has 0 aromatic rings. The molecule has 2 saturated carbocycles. The topological polar surface area (TPSA) is 57.5 Å². The van der Waals surface area contributed by atoms with Gasteiger partial charge in [-0.25, -0.2) is 0 Å². The first-order valence-corrected chi connectivity index (χ1v) is 5.74. The number of carbonyl (C=O) groups is 1. The van der Waals surface area contributed by atoms with Crippen molar-refractivity contribution in [1.29, 1.82) is 0 Å². The summed E-state index contributed by atoms with van der Waals surface area (Å²) in [6.07, 6.45) is -5.42. The molecule has 4 unspecified atom stereocenters. The van der Waals surface area contributed by atoms with E-state index in [4.69, 9.17) is 5.11 Å². The van der Waals surface area contributed by atoms with Gasteiger partial charge < -0.3 is 10.2 Å². The van der Waals surface area contributed by atoms with Gasteiger partial charge in [-0.3, -0.25) is 4.79 Å². The Balaban J connectivity index is 2.17. The summed E-state index contributed by atoms with van der Waals surface area (Å²) in [6.45, 7) is 0. The lowest BCUT2D eigenvalue weighted by Gasteiger charge is -2.35. The zero-order valence-corrected chi connectivity index (χ0v) is 9.20. The predicted octanol–water partition coefficient (Wildman–Crippen LogP) is 2.19. The van der Waals surface area contributed by atoms with Gasteiger partial charge in [0, 0.05) is 0 Å². The molecule has 17 heavy (non-hydrogen) atoms. The van der Waals surface area contributed by atoms with Gasteiger partial charge in [0.25, 0.3) is 0 Å². The molecule has 0 radical (unpaired) electrons. The quantitative estimate of drug-likeness (QED) is 0.809. The van der Waals surface area contributed by atoms with E-state index in [1.165, 1.54) is 0 Å². The van der Waals surface area contributed by atoms with Crippen LogP contribution in [0.4, 0.5) is 13.2 Å². The Hall–Kier alpha value is -0.780. The van der Waals surface area contributed by atoms with E-state index < -0.39 is 30.1 Å². The summed E-state index contributed by atoms with van der Waals surface area (Å²) in [5.74, 6) is -1.17. The third-order valence-electron chi connectivity index (χ3n) is 4.34. The maximum Gasteiger partial charge on any atom is 0.414 e. The molecule has 4 atom stereocenters. The third kappa shape index (κ3) is 2.03. The van der Waals surface area contributed by atoms with E-state index in [1.54, 1.807) is 0 Å². The van der Waals surface area contributed by atoms with Crippen molar-refractivity contribution >= 4 is 5.97 Å². The molecule has 0 heterocycles. The largest absolute Gasteiger partial charge is 0.481 e. The van der Waals surface area contributed by atoms with Gasteiger partial charge >= 0.3 is 12.1 Å². The zero-order valence-electron chi connectivity index (χ0n) is 9.20. The van der Waals surface area contributed by atoms with Crippen LogP contribution in [0.2, 0.25) is 0 Å². The van der Waals surface area contributed by atoms with Crippen LogP contribution >= 0.6 is 0 Å². The number of hydrogen-bond donors (Lipinski definition) is 2. The maximum absolute atomic E-state index is 12.3. The van der Waals surface area contributed by atoms with Crippen molar-refractivity contribution in [1.82, 2.24) is 0 Å². The zero-order chi connectivity index (χ0) is 12.8. The number of rotatable bonds is 3. The normalized spacial score (nSPS) is 38.4. The Kier molecular flexibility index (Phi) is 2.88. The number of carboxylic acid groups (broad SMARTS) is 1. The van der Waals surface area contributed by atoms with E-state index in [9.17, 15) is 23.1 Å². The fourth-order valence-corrected chi connectivity index (χ4v) is 3.50. The first-order valence-electron chi connectivity index (χ1n) is 5.74. The lowest BCUT2D eigenvalue weighted by molar-refractivity contribution is -0.216. The smallest absolute Gasteiger partial charge is 0.414 e. The number of hydrogen-bond acceptors (Lipinski definition) is 2. The van der Waals surface area contributed by atoms with E-state index in [0.717, 1.165) is 6.42 Å². The van der Waals surface area contributed by atoms with Gasteiger partial charge in [0.1, 0.15) is 0 Å². The summed E-state index contributed by atoms with van der Waals surface area (Å²) in [7, 11) is 0. The van der Waals surface area contributed by atoms with Crippen LogP contribution in [0.5, 0.6) is 0 Å². The van der Waals surface area contributed by atoms with E-state index in [0.29, 0.717) is 12.8 Å².